The molecule has 0 bridgehead atoms. The van der Waals surface area contributed by atoms with Crippen molar-refractivity contribution in [2.24, 2.45) is 23.1 Å². The summed E-state index contributed by atoms with van der Waals surface area (Å²) in [6.07, 6.45) is 3.92. The van der Waals surface area contributed by atoms with E-state index in [1.165, 1.54) is 16.8 Å². The topological polar surface area (TPSA) is 551 Å². The summed E-state index contributed by atoms with van der Waals surface area (Å²) in [6.45, 7) is 25.4. The molecular weight excluding hydrogens is 1600 g/mol. The number of carboxylic acid groups (broad SMARTS) is 1. The normalized spacial score (nSPS) is 13.6. The van der Waals surface area contributed by atoms with Crippen LogP contribution in [0.4, 0.5) is 5.95 Å². The van der Waals surface area contributed by atoms with Gasteiger partial charge in [0.1, 0.15) is 68.7 Å². The molecule has 658 valence electrons. The molecule has 122 heavy (non-hydrogen) atoms. The number of imidazole rings is 1. The van der Waals surface area contributed by atoms with Crippen LogP contribution in [-0.4, -0.2) is 204 Å². The number of allylic oxidation sites excluding steroid dienone is 2. The van der Waals surface area contributed by atoms with Crippen LogP contribution < -0.4 is 68.0 Å². The number of carbonyl (C=O) groups is 10. The van der Waals surface area contributed by atoms with Crippen molar-refractivity contribution in [3.63, 3.8) is 0 Å². The number of fused-ring (bicyclic) bond motifs is 5. The number of nitrogens with zero attached hydrogens (tertiary/aromatic N) is 9. The van der Waals surface area contributed by atoms with Gasteiger partial charge in [-0.3, -0.25) is 68.0 Å². The monoisotopic (exact) mass is 1710 g/mol. The number of hydrogen-bond donors (Lipinski definition) is 12. The smallest absolute Gasteiger partial charge is 0.308 e. The molecule has 8 aromatic rings. The van der Waals surface area contributed by atoms with Crippen molar-refractivity contribution in [1.82, 2.24) is 75.0 Å². The van der Waals surface area contributed by atoms with Crippen molar-refractivity contribution >= 4 is 114 Å². The highest BCUT2D eigenvalue weighted by atomic mass is 32.2. The fourth-order valence-electron chi connectivity index (χ4n) is 14.0. The number of anilines is 1. The minimum absolute atomic E-state index is 0.00486. The number of nitrogens with one attached hydrogen (secondary N) is 8. The molecule has 0 aliphatic carbocycles. The lowest BCUT2D eigenvalue weighted by Gasteiger charge is -2.26. The number of ether oxygens (including phenoxy) is 6. The number of nitrogens with two attached hydrogens (primary N) is 3. The SMILES string of the molecule is CCn1nc(C)cc1C(=O)Nc1nc2cc(C(N)=O)cc(OCC(CCCNC(=N)NS(=O)(=O)c3c(C)c(C)c4c(c3C)CC(C)(C)O4)CNC(=O)[C@H](CC(=O)OC(C)(C)C)NC(=O)[C@H](CC(=O)OC(C)(C)C)NC(=O)CNC(=O)[C@@H](N)CC(=O)O)c2n1C/C=C/Cn1c2nc(-c3cc(C)nn3CC)ncc2c2cc(C(N)=O)cc(OCCCOC)c21. The summed E-state index contributed by atoms with van der Waals surface area (Å²) in [7, 11) is -2.83. The Morgan fingerprint density at radius 2 is 1.32 bits per heavy atom. The average molecular weight is 1710 g/mol. The molecular formula is C82H110N20O19S. The fraction of sp³-hybridized carbons (Fsp3) is 0.488. The number of aromatic nitrogens is 9. The van der Waals surface area contributed by atoms with E-state index in [-0.39, 0.29) is 96.7 Å². The largest absolute Gasteiger partial charge is 0.491 e. The van der Waals surface area contributed by atoms with Gasteiger partial charge in [-0.05, 0) is 170 Å². The average Bonchev–Trinajstić information content (AvgIpc) is 1.58. The molecule has 15 N–H and O–H groups in total. The Morgan fingerprint density at radius 3 is 1.94 bits per heavy atom. The number of rotatable bonds is 40. The van der Waals surface area contributed by atoms with E-state index in [2.05, 4.69) is 46.8 Å². The van der Waals surface area contributed by atoms with Gasteiger partial charge >= 0.3 is 17.9 Å². The van der Waals surface area contributed by atoms with E-state index in [0.29, 0.717) is 99.9 Å². The van der Waals surface area contributed by atoms with Gasteiger partial charge < -0.3 is 86.4 Å². The number of aliphatic carboxylic acids is 1. The zero-order valence-corrected chi connectivity index (χ0v) is 72.3. The molecule has 0 radical (unpaired) electrons. The Morgan fingerprint density at radius 1 is 0.705 bits per heavy atom. The predicted octanol–water partition coefficient (Wildman–Crippen LogP) is 5.16. The van der Waals surface area contributed by atoms with E-state index >= 15 is 0 Å². The summed E-state index contributed by atoms with van der Waals surface area (Å²) in [5, 5.41) is 43.9. The number of sulfonamides is 1. The Balaban J connectivity index is 1.10. The molecule has 0 fully saturated rings. The molecule has 3 aromatic carbocycles. The zero-order valence-electron chi connectivity index (χ0n) is 71.5. The molecule has 39 nitrogen and oxygen atoms in total. The highest BCUT2D eigenvalue weighted by Gasteiger charge is 2.39. The quantitative estimate of drug-likeness (QED) is 0.00776. The third kappa shape index (κ3) is 23.7. The fourth-order valence-corrected chi connectivity index (χ4v) is 15.6. The molecule has 1 aliphatic heterocycles. The van der Waals surface area contributed by atoms with Crippen molar-refractivity contribution in [1.29, 1.82) is 5.41 Å². The van der Waals surface area contributed by atoms with Crippen molar-refractivity contribution in [2.45, 2.75) is 215 Å². The summed E-state index contributed by atoms with van der Waals surface area (Å²) < 4.78 is 73.7. The molecule has 9 rings (SSSR count). The number of aryl methyl sites for hydroxylation is 4. The van der Waals surface area contributed by atoms with Gasteiger partial charge in [-0.1, -0.05) is 12.2 Å². The molecule has 6 heterocycles. The first-order chi connectivity index (χ1) is 57.3. The number of primary amides is 2. The van der Waals surface area contributed by atoms with Crippen molar-refractivity contribution in [3.8, 4) is 28.8 Å². The van der Waals surface area contributed by atoms with E-state index in [1.807, 2.05) is 51.3 Å². The standard InChI is InChI=1S/C82H110N20O19S/c1-17-101-58(29-43(3)96-101)72-88-40-53-51-31-49(70(84)108)33-60(117-28-22-27-116-16)66(51)99(73(53)94-72)25-19-20-26-100-67-55(93-79(100)95-77(113)59-30-44(4)97-102(59)18-2)32-50(71(85)109)34-61(67)118-42-48(23-21-24-87-78(86)98-122(114,115)69-46(6)45(5)68-52(47(69)7)38-82(14,15)121-68)39-89-75(111)56(36-64(106)119-80(8,9)10)92-76(112)57(37-65(107)120-81(11,12)13)91-62(103)41-90-74(110)54(83)35-63(104)105/h19-20,29-34,40,48,54,56-57H,17-18,21-28,35-39,41-42,83H2,1-16H3,(H2,84,108)(H2,85,109)(H,89,111)(H,90,110)(H,91,103)(H,92,112)(H,104,105)(H3,86,87,98)(H,93,95,113)/b20-19+/t48?,54-,56-,57-/m0/s1. The molecule has 0 saturated carbocycles. The van der Waals surface area contributed by atoms with Gasteiger partial charge in [0.2, 0.25) is 47.4 Å². The lowest BCUT2D eigenvalue weighted by atomic mass is 9.94. The van der Waals surface area contributed by atoms with Crippen LogP contribution in [0.5, 0.6) is 17.2 Å². The molecule has 1 aliphatic rings. The third-order valence-corrected chi connectivity index (χ3v) is 21.2. The molecule has 0 spiro atoms. The van der Waals surface area contributed by atoms with Crippen LogP contribution in [0.1, 0.15) is 173 Å². The maximum atomic E-state index is 15.0. The van der Waals surface area contributed by atoms with Gasteiger partial charge in [0.15, 0.2) is 5.82 Å². The van der Waals surface area contributed by atoms with Crippen LogP contribution in [-0.2, 0) is 90.4 Å². The number of carbonyl (C=O) groups excluding carboxylic acids is 9. The van der Waals surface area contributed by atoms with E-state index < -0.39 is 142 Å². The minimum atomic E-state index is -4.40. The number of methoxy groups -OCH3 is 1. The van der Waals surface area contributed by atoms with Gasteiger partial charge in [0.05, 0.1) is 72.4 Å². The van der Waals surface area contributed by atoms with Crippen molar-refractivity contribution < 1.29 is 89.9 Å². The number of benzene rings is 3. The Bertz CT molecular complexity index is 5510. The van der Waals surface area contributed by atoms with Crippen LogP contribution >= 0.6 is 0 Å². The van der Waals surface area contributed by atoms with Crippen molar-refractivity contribution in [2.75, 3.05) is 51.9 Å². The lowest BCUT2D eigenvalue weighted by Crippen LogP contribution is -2.56. The molecule has 40 heteroatoms. The summed E-state index contributed by atoms with van der Waals surface area (Å²) >= 11 is 0. The van der Waals surface area contributed by atoms with E-state index in [4.69, 9.17) is 66.0 Å². The van der Waals surface area contributed by atoms with Crippen LogP contribution in [0.3, 0.4) is 0 Å². The number of esters is 2. The second-order valence-electron chi connectivity index (χ2n) is 32.3. The summed E-state index contributed by atoms with van der Waals surface area (Å²) in [4.78, 5) is 150. The van der Waals surface area contributed by atoms with Gasteiger partial charge in [-0.15, -0.1) is 0 Å². The first-order valence-electron chi connectivity index (χ1n) is 39.8. The maximum Gasteiger partial charge on any atom is 0.308 e. The minimum Gasteiger partial charge on any atom is -0.491 e. The Labute approximate surface area is 704 Å². The second kappa shape index (κ2) is 39.3. The number of carboxylic acids is 1. The second-order valence-corrected chi connectivity index (χ2v) is 33.9. The number of hydrogen-bond acceptors (Lipinski definition) is 25. The summed E-state index contributed by atoms with van der Waals surface area (Å²) in [5.74, 6) is -10.1. The Hall–Kier alpha value is -12.6. The zero-order chi connectivity index (χ0) is 89.8. The van der Waals surface area contributed by atoms with E-state index in [1.54, 1.807) is 116 Å². The Kier molecular flexibility index (Phi) is 30.0. The van der Waals surface area contributed by atoms with E-state index in [9.17, 15) is 61.5 Å². The van der Waals surface area contributed by atoms with Gasteiger partial charge in [-0.2, -0.15) is 10.2 Å². The van der Waals surface area contributed by atoms with Crippen LogP contribution in [0.2, 0.25) is 0 Å². The highest BCUT2D eigenvalue weighted by Crippen LogP contribution is 2.44. The van der Waals surface area contributed by atoms with Gasteiger partial charge in [-0.25, -0.2) is 28.1 Å². The van der Waals surface area contributed by atoms with E-state index in [0.717, 1.165) is 11.3 Å². The van der Waals surface area contributed by atoms with Gasteiger partial charge in [0.25, 0.3) is 15.9 Å². The number of amides is 7. The molecule has 4 atom stereocenters. The highest BCUT2D eigenvalue weighted by molar-refractivity contribution is 7.90. The molecule has 0 saturated heterocycles. The summed E-state index contributed by atoms with van der Waals surface area (Å²) in [5.41, 5.74) is 20.7. The summed E-state index contributed by atoms with van der Waals surface area (Å²) in [6, 6.07) is 4.22. The van der Waals surface area contributed by atoms with Crippen LogP contribution in [0, 0.1) is 45.9 Å². The third-order valence-electron chi connectivity index (χ3n) is 19.6. The molecule has 5 aromatic heterocycles. The maximum absolute atomic E-state index is 15.0. The van der Waals surface area contributed by atoms with Crippen molar-refractivity contribution in [3.05, 3.63) is 105 Å². The molecule has 1 unspecified atom stereocenters. The van der Waals surface area contributed by atoms with Gasteiger partial charge in [0, 0.05) is 105 Å². The first-order valence-corrected chi connectivity index (χ1v) is 41.3. The predicted molar refractivity (Wildman–Crippen MR) is 450 cm³/mol. The lowest BCUT2D eigenvalue weighted by molar-refractivity contribution is -0.158. The molecule has 7 amide bonds. The van der Waals surface area contributed by atoms with Crippen LogP contribution in [0.15, 0.2) is 59.6 Å². The first kappa shape index (κ1) is 93.3. The van der Waals surface area contributed by atoms with Crippen LogP contribution in [0.25, 0.3) is 44.5 Å². The number of guanidine groups is 1.